The minimum atomic E-state index is -0.391. The van der Waals surface area contributed by atoms with Crippen LogP contribution in [0.3, 0.4) is 0 Å². The van der Waals surface area contributed by atoms with Crippen molar-refractivity contribution in [3.63, 3.8) is 0 Å². The number of ether oxygens (including phenoxy) is 1. The Morgan fingerprint density at radius 1 is 1.12 bits per heavy atom. The molecule has 0 bridgehead atoms. The third kappa shape index (κ3) is 5.35. The second-order valence-corrected chi connectivity index (χ2v) is 5.87. The van der Waals surface area contributed by atoms with Crippen LogP contribution in [0.25, 0.3) is 6.08 Å². The second-order valence-electron chi connectivity index (χ2n) is 4.96. The first-order valence-electron chi connectivity index (χ1n) is 7.56. The van der Waals surface area contributed by atoms with Crippen LogP contribution in [0, 0.1) is 0 Å². The van der Waals surface area contributed by atoms with Gasteiger partial charge in [0.1, 0.15) is 0 Å². The van der Waals surface area contributed by atoms with Crippen LogP contribution in [0.4, 0.5) is 5.69 Å². The zero-order chi connectivity index (χ0) is 17.4. The van der Waals surface area contributed by atoms with E-state index in [4.69, 9.17) is 4.74 Å². The van der Waals surface area contributed by atoms with Crippen LogP contribution >= 0.6 is 15.9 Å². The highest BCUT2D eigenvalue weighted by Gasteiger charge is 2.07. The second kappa shape index (κ2) is 9.03. The summed E-state index contributed by atoms with van der Waals surface area (Å²) >= 11 is 3.35. The van der Waals surface area contributed by atoms with Gasteiger partial charge in [0.05, 0.1) is 13.2 Å². The van der Waals surface area contributed by atoms with Crippen molar-refractivity contribution < 1.29 is 14.3 Å². The summed E-state index contributed by atoms with van der Waals surface area (Å²) < 4.78 is 5.80. The number of halogens is 1. The first kappa shape index (κ1) is 17.9. The molecule has 0 saturated heterocycles. The Bertz CT molecular complexity index is 739. The summed E-state index contributed by atoms with van der Waals surface area (Å²) in [5.41, 5.74) is 2.24. The maximum Gasteiger partial charge on any atom is 0.330 e. The van der Waals surface area contributed by atoms with Gasteiger partial charge in [-0.15, -0.1) is 0 Å². The highest BCUT2D eigenvalue weighted by molar-refractivity contribution is 9.10. The monoisotopic (exact) mass is 387 g/mol. The normalized spacial score (nSPS) is 10.6. The van der Waals surface area contributed by atoms with E-state index >= 15 is 0 Å². The highest BCUT2D eigenvalue weighted by atomic mass is 79.9. The first-order chi connectivity index (χ1) is 11.6. The molecular weight excluding hydrogens is 370 g/mol. The van der Waals surface area contributed by atoms with Crippen molar-refractivity contribution in [1.29, 1.82) is 0 Å². The van der Waals surface area contributed by atoms with E-state index in [0.29, 0.717) is 12.2 Å². The molecule has 4 nitrogen and oxygen atoms in total. The Morgan fingerprint density at radius 3 is 2.54 bits per heavy atom. The molecule has 2 aromatic rings. The van der Waals surface area contributed by atoms with Crippen LogP contribution in [0.1, 0.15) is 22.8 Å². The molecule has 24 heavy (non-hydrogen) atoms. The van der Waals surface area contributed by atoms with Crippen molar-refractivity contribution in [2.75, 3.05) is 18.5 Å². The van der Waals surface area contributed by atoms with Gasteiger partial charge in [-0.25, -0.2) is 4.79 Å². The number of anilines is 1. The Kier molecular flexibility index (Phi) is 6.75. The molecule has 5 heteroatoms. The number of carbonyl (C=O) groups excluding carboxylic acids is 2. The number of esters is 1. The Labute approximate surface area is 149 Å². The predicted octanol–water partition coefficient (Wildman–Crippen LogP) is 4.32. The molecule has 0 spiro atoms. The Morgan fingerprint density at radius 2 is 1.83 bits per heavy atom. The van der Waals surface area contributed by atoms with Crippen LogP contribution in [0.5, 0.6) is 0 Å². The van der Waals surface area contributed by atoms with Crippen LogP contribution in [0.2, 0.25) is 0 Å². The average Bonchev–Trinajstić information content (AvgIpc) is 2.59. The van der Waals surface area contributed by atoms with E-state index in [1.165, 1.54) is 6.08 Å². The molecule has 0 heterocycles. The fourth-order valence-electron chi connectivity index (χ4n) is 2.06. The summed E-state index contributed by atoms with van der Waals surface area (Å²) in [5.74, 6) is -0.398. The third-order valence-electron chi connectivity index (χ3n) is 3.25. The van der Waals surface area contributed by atoms with Crippen LogP contribution in [-0.2, 0) is 9.53 Å². The lowest BCUT2D eigenvalue weighted by Crippen LogP contribution is -2.14. The Balaban J connectivity index is 2.03. The van der Waals surface area contributed by atoms with Crippen molar-refractivity contribution >= 4 is 39.4 Å². The summed E-state index contributed by atoms with van der Waals surface area (Å²) in [6, 6.07) is 14.7. The van der Waals surface area contributed by atoms with Gasteiger partial charge in [0, 0.05) is 21.8 Å². The minimum absolute atomic E-state index is 0.00771. The highest BCUT2D eigenvalue weighted by Crippen LogP contribution is 2.17. The molecule has 0 saturated carbocycles. The number of hydrogen-bond donors (Lipinski definition) is 1. The van der Waals surface area contributed by atoms with Gasteiger partial charge < -0.3 is 10.1 Å². The molecule has 0 radical (unpaired) electrons. The van der Waals surface area contributed by atoms with Crippen molar-refractivity contribution in [3.05, 3.63) is 70.2 Å². The van der Waals surface area contributed by atoms with E-state index in [2.05, 4.69) is 21.2 Å². The fraction of sp³-hybridized carbons (Fsp3) is 0.158. The molecule has 2 rings (SSSR count). The van der Waals surface area contributed by atoms with E-state index in [9.17, 15) is 9.59 Å². The lowest BCUT2D eigenvalue weighted by Gasteiger charge is -2.09. The number of hydrogen-bond acceptors (Lipinski definition) is 4. The number of carbonyl (C=O) groups is 2. The largest absolute Gasteiger partial charge is 0.463 e. The maximum atomic E-state index is 12.2. The molecule has 0 unspecified atom stereocenters. The molecule has 1 N–H and O–H groups in total. The van der Waals surface area contributed by atoms with Crippen LogP contribution in [0.15, 0.2) is 59.1 Å². The lowest BCUT2D eigenvalue weighted by molar-refractivity contribution is -0.137. The van der Waals surface area contributed by atoms with E-state index in [1.807, 2.05) is 36.4 Å². The minimum Gasteiger partial charge on any atom is -0.463 e. The van der Waals surface area contributed by atoms with Gasteiger partial charge in [-0.2, -0.15) is 0 Å². The summed E-state index contributed by atoms with van der Waals surface area (Å²) in [6.45, 7) is 2.27. The van der Waals surface area contributed by atoms with Gasteiger partial charge in [0.2, 0.25) is 0 Å². The topological polar surface area (TPSA) is 55.4 Å². The number of nitrogens with one attached hydrogen (secondary N) is 1. The quantitative estimate of drug-likeness (QED) is 0.436. The third-order valence-corrected chi connectivity index (χ3v) is 3.78. The molecule has 0 aliphatic heterocycles. The summed E-state index contributed by atoms with van der Waals surface area (Å²) in [5, 5.41) is 3.12. The molecule has 2 aromatic carbocycles. The zero-order valence-electron chi connectivity index (χ0n) is 13.3. The van der Waals surface area contributed by atoms with Gasteiger partial charge >= 0.3 is 5.97 Å². The van der Waals surface area contributed by atoms with Crippen molar-refractivity contribution in [2.24, 2.45) is 0 Å². The molecule has 0 aromatic heterocycles. The molecule has 0 aliphatic rings. The van der Waals surface area contributed by atoms with Crippen molar-refractivity contribution in [1.82, 2.24) is 0 Å². The Hall–Kier alpha value is -2.40. The standard InChI is InChI=1S/C19H18BrNO3/c1-2-24-19(23)12-9-14-5-3-4-6-17(14)21-13-18(22)15-7-10-16(20)11-8-15/h3-12,21H,2,13H2,1H3/b12-9+. The number of para-hydroxylation sites is 1. The molecule has 124 valence electrons. The van der Waals surface area contributed by atoms with E-state index in [0.717, 1.165) is 15.7 Å². The van der Waals surface area contributed by atoms with E-state index in [-0.39, 0.29) is 12.3 Å². The number of benzene rings is 2. The predicted molar refractivity (Wildman–Crippen MR) is 99.1 cm³/mol. The zero-order valence-corrected chi connectivity index (χ0v) is 14.9. The first-order valence-corrected chi connectivity index (χ1v) is 8.36. The van der Waals surface area contributed by atoms with Gasteiger partial charge in [-0.1, -0.05) is 46.3 Å². The van der Waals surface area contributed by atoms with E-state index < -0.39 is 5.97 Å². The van der Waals surface area contributed by atoms with Crippen molar-refractivity contribution in [2.45, 2.75) is 6.92 Å². The summed E-state index contributed by atoms with van der Waals surface area (Å²) in [7, 11) is 0. The van der Waals surface area contributed by atoms with Gasteiger partial charge in [0.25, 0.3) is 0 Å². The van der Waals surface area contributed by atoms with Crippen LogP contribution in [-0.4, -0.2) is 24.9 Å². The average molecular weight is 388 g/mol. The molecule has 0 aliphatic carbocycles. The molecular formula is C19H18BrNO3. The maximum absolute atomic E-state index is 12.2. The fourth-order valence-corrected chi connectivity index (χ4v) is 2.33. The molecule has 0 amide bonds. The van der Waals surface area contributed by atoms with Crippen LogP contribution < -0.4 is 5.32 Å². The van der Waals surface area contributed by atoms with Gasteiger partial charge in [-0.3, -0.25) is 4.79 Å². The smallest absolute Gasteiger partial charge is 0.330 e. The molecule has 0 fully saturated rings. The van der Waals surface area contributed by atoms with Gasteiger partial charge in [0.15, 0.2) is 5.78 Å². The summed E-state index contributed by atoms with van der Waals surface area (Å²) in [4.78, 5) is 23.6. The van der Waals surface area contributed by atoms with E-state index in [1.54, 1.807) is 25.1 Å². The van der Waals surface area contributed by atoms with Crippen molar-refractivity contribution in [3.8, 4) is 0 Å². The molecule has 0 atom stereocenters. The SMILES string of the molecule is CCOC(=O)/C=C/c1ccccc1NCC(=O)c1ccc(Br)cc1. The number of Topliss-reactive ketones (excluding diaryl/α,β-unsaturated/α-hetero) is 1. The van der Waals surface area contributed by atoms with Gasteiger partial charge in [-0.05, 0) is 36.8 Å². The lowest BCUT2D eigenvalue weighted by atomic mass is 10.1. The number of rotatable bonds is 7. The number of ketones is 1. The summed E-state index contributed by atoms with van der Waals surface area (Å²) in [6.07, 6.45) is 3.05.